The Morgan fingerprint density at radius 1 is 1.29 bits per heavy atom. The summed E-state index contributed by atoms with van der Waals surface area (Å²) in [6.07, 6.45) is 1.53. The summed E-state index contributed by atoms with van der Waals surface area (Å²) in [4.78, 5) is 11.9. The quantitative estimate of drug-likeness (QED) is 0.507. The first-order valence-electron chi connectivity index (χ1n) is 6.12. The molecule has 2 rings (SSSR count). The van der Waals surface area contributed by atoms with Gasteiger partial charge in [0.15, 0.2) is 0 Å². The number of carbonyl (C=O) groups is 1. The number of ether oxygens (including phenoxy) is 1. The Labute approximate surface area is 130 Å². The minimum Gasteiger partial charge on any atom is -0.496 e. The SMILES string of the molecule is COc1ccc(Br)cc1/C=N\NC(=O)c1ccc(N)cc1. The number of nitrogens with one attached hydrogen (secondary N) is 1. The minimum absolute atomic E-state index is 0.305. The lowest BCUT2D eigenvalue weighted by Crippen LogP contribution is -2.17. The molecule has 0 saturated heterocycles. The third kappa shape index (κ3) is 4.06. The van der Waals surface area contributed by atoms with E-state index in [0.717, 1.165) is 10.0 Å². The molecule has 2 aromatic rings. The number of nitrogen functional groups attached to an aromatic ring is 1. The summed E-state index contributed by atoms with van der Waals surface area (Å²) in [7, 11) is 1.58. The largest absolute Gasteiger partial charge is 0.496 e. The van der Waals surface area contributed by atoms with E-state index in [9.17, 15) is 4.79 Å². The van der Waals surface area contributed by atoms with Crippen LogP contribution in [0.4, 0.5) is 5.69 Å². The van der Waals surface area contributed by atoms with E-state index in [1.807, 2.05) is 18.2 Å². The van der Waals surface area contributed by atoms with Gasteiger partial charge in [-0.05, 0) is 42.5 Å². The van der Waals surface area contributed by atoms with E-state index in [-0.39, 0.29) is 5.91 Å². The van der Waals surface area contributed by atoms with Gasteiger partial charge < -0.3 is 10.5 Å². The van der Waals surface area contributed by atoms with Crippen molar-refractivity contribution in [2.45, 2.75) is 0 Å². The Hall–Kier alpha value is -2.34. The van der Waals surface area contributed by atoms with Crippen LogP contribution in [0.1, 0.15) is 15.9 Å². The summed E-state index contributed by atoms with van der Waals surface area (Å²) >= 11 is 3.37. The van der Waals surface area contributed by atoms with Crippen molar-refractivity contribution in [2.24, 2.45) is 5.10 Å². The second kappa shape index (κ2) is 6.90. The van der Waals surface area contributed by atoms with E-state index in [1.54, 1.807) is 31.4 Å². The van der Waals surface area contributed by atoms with Crippen molar-refractivity contribution in [3.05, 3.63) is 58.1 Å². The second-order valence-electron chi connectivity index (χ2n) is 4.21. The summed E-state index contributed by atoms with van der Waals surface area (Å²) in [5.74, 6) is 0.365. The van der Waals surface area contributed by atoms with Crippen LogP contribution < -0.4 is 15.9 Å². The second-order valence-corrected chi connectivity index (χ2v) is 5.12. The molecule has 1 amide bonds. The maximum atomic E-state index is 11.9. The molecule has 0 spiro atoms. The minimum atomic E-state index is -0.305. The molecule has 0 bridgehead atoms. The van der Waals surface area contributed by atoms with E-state index < -0.39 is 0 Å². The normalized spacial score (nSPS) is 10.6. The highest BCUT2D eigenvalue weighted by Gasteiger charge is 2.04. The van der Waals surface area contributed by atoms with Crippen molar-refractivity contribution in [1.29, 1.82) is 0 Å². The smallest absolute Gasteiger partial charge is 0.271 e. The molecule has 0 saturated carbocycles. The molecule has 0 unspecified atom stereocenters. The number of halogens is 1. The predicted octanol–water partition coefficient (Wildman–Crippen LogP) is 2.80. The number of carbonyl (C=O) groups excluding carboxylic acids is 1. The van der Waals surface area contributed by atoms with Crippen LogP contribution in [0.15, 0.2) is 52.0 Å². The molecule has 108 valence electrons. The molecule has 0 heterocycles. The molecule has 5 nitrogen and oxygen atoms in total. The Kier molecular flexibility index (Phi) is 4.94. The molecule has 0 fully saturated rings. The lowest BCUT2D eigenvalue weighted by atomic mass is 10.2. The third-order valence-corrected chi connectivity index (χ3v) is 3.23. The van der Waals surface area contributed by atoms with Crippen LogP contribution in [0.25, 0.3) is 0 Å². The van der Waals surface area contributed by atoms with E-state index in [1.165, 1.54) is 6.21 Å². The molecule has 0 aliphatic rings. The fourth-order valence-corrected chi connectivity index (χ4v) is 2.04. The molecular weight excluding hydrogens is 334 g/mol. The van der Waals surface area contributed by atoms with Gasteiger partial charge in [-0.1, -0.05) is 15.9 Å². The van der Waals surface area contributed by atoms with E-state index in [0.29, 0.717) is 17.0 Å². The highest BCUT2D eigenvalue weighted by atomic mass is 79.9. The van der Waals surface area contributed by atoms with Crippen molar-refractivity contribution in [3.63, 3.8) is 0 Å². The summed E-state index contributed by atoms with van der Waals surface area (Å²) in [5, 5.41) is 3.93. The molecule has 0 aliphatic heterocycles. The highest BCUT2D eigenvalue weighted by molar-refractivity contribution is 9.10. The van der Waals surface area contributed by atoms with Gasteiger partial charge in [-0.25, -0.2) is 5.43 Å². The fraction of sp³-hybridized carbons (Fsp3) is 0.0667. The standard InChI is InChI=1S/C15H14BrN3O2/c1-21-14-7-4-12(16)8-11(14)9-18-19-15(20)10-2-5-13(17)6-3-10/h2-9H,17H2,1H3,(H,19,20)/b18-9-. The van der Waals surface area contributed by atoms with E-state index in [2.05, 4.69) is 26.5 Å². The zero-order valence-electron chi connectivity index (χ0n) is 11.3. The topological polar surface area (TPSA) is 76.7 Å². The number of anilines is 1. The van der Waals surface area contributed by atoms with Crippen LogP contribution >= 0.6 is 15.9 Å². The van der Waals surface area contributed by atoms with Gasteiger partial charge >= 0.3 is 0 Å². The van der Waals surface area contributed by atoms with Crippen LogP contribution in [0.2, 0.25) is 0 Å². The maximum absolute atomic E-state index is 11.9. The number of hydrazone groups is 1. The number of methoxy groups -OCH3 is 1. The Balaban J connectivity index is 2.07. The van der Waals surface area contributed by atoms with Crippen LogP contribution in [0, 0.1) is 0 Å². The Morgan fingerprint density at radius 3 is 2.67 bits per heavy atom. The number of amides is 1. The first-order valence-corrected chi connectivity index (χ1v) is 6.92. The van der Waals surface area contributed by atoms with Gasteiger partial charge in [0.2, 0.25) is 0 Å². The number of hydrogen-bond acceptors (Lipinski definition) is 4. The molecule has 0 atom stereocenters. The van der Waals surface area contributed by atoms with Gasteiger partial charge in [0.25, 0.3) is 5.91 Å². The predicted molar refractivity (Wildman–Crippen MR) is 86.6 cm³/mol. The molecule has 0 aliphatic carbocycles. The summed E-state index contributed by atoms with van der Waals surface area (Å²) in [5.41, 5.74) is 9.87. The molecule has 3 N–H and O–H groups in total. The zero-order valence-corrected chi connectivity index (χ0v) is 12.9. The van der Waals surface area contributed by atoms with Gasteiger partial charge in [-0.2, -0.15) is 5.10 Å². The zero-order chi connectivity index (χ0) is 15.2. The average molecular weight is 348 g/mol. The van der Waals surface area contributed by atoms with Gasteiger partial charge in [-0.15, -0.1) is 0 Å². The van der Waals surface area contributed by atoms with Crippen molar-refractivity contribution in [2.75, 3.05) is 12.8 Å². The van der Waals surface area contributed by atoms with Crippen LogP contribution in [0.3, 0.4) is 0 Å². The molecule has 6 heteroatoms. The molecule has 2 aromatic carbocycles. The van der Waals surface area contributed by atoms with E-state index >= 15 is 0 Å². The van der Waals surface area contributed by atoms with Gasteiger partial charge in [0, 0.05) is 21.3 Å². The monoisotopic (exact) mass is 347 g/mol. The van der Waals surface area contributed by atoms with Gasteiger partial charge in [-0.3, -0.25) is 4.79 Å². The number of nitrogens with two attached hydrogens (primary N) is 1. The summed E-state index contributed by atoms with van der Waals surface area (Å²) in [6.45, 7) is 0. The Bertz CT molecular complexity index is 669. The number of rotatable bonds is 4. The average Bonchev–Trinajstić information content (AvgIpc) is 2.48. The molecule has 0 aromatic heterocycles. The van der Waals surface area contributed by atoms with Crippen molar-refractivity contribution in [1.82, 2.24) is 5.43 Å². The maximum Gasteiger partial charge on any atom is 0.271 e. The first kappa shape index (κ1) is 15.1. The molecular formula is C15H14BrN3O2. The fourth-order valence-electron chi connectivity index (χ4n) is 1.67. The Morgan fingerprint density at radius 2 is 2.00 bits per heavy atom. The number of benzene rings is 2. The first-order chi connectivity index (χ1) is 10.1. The van der Waals surface area contributed by atoms with Crippen LogP contribution in [-0.2, 0) is 0 Å². The molecule has 0 radical (unpaired) electrons. The van der Waals surface area contributed by atoms with Crippen molar-refractivity contribution >= 4 is 33.7 Å². The lowest BCUT2D eigenvalue weighted by molar-refractivity contribution is 0.0955. The summed E-state index contributed by atoms with van der Waals surface area (Å²) in [6, 6.07) is 12.1. The number of nitrogens with zero attached hydrogens (tertiary/aromatic N) is 1. The van der Waals surface area contributed by atoms with Crippen molar-refractivity contribution < 1.29 is 9.53 Å². The van der Waals surface area contributed by atoms with Crippen LogP contribution in [0.5, 0.6) is 5.75 Å². The number of hydrogen-bond donors (Lipinski definition) is 2. The van der Waals surface area contributed by atoms with Crippen molar-refractivity contribution in [3.8, 4) is 5.75 Å². The van der Waals surface area contributed by atoms with Gasteiger partial charge in [0.05, 0.1) is 13.3 Å². The third-order valence-electron chi connectivity index (χ3n) is 2.73. The van der Waals surface area contributed by atoms with E-state index in [4.69, 9.17) is 10.5 Å². The lowest BCUT2D eigenvalue weighted by Gasteiger charge is -2.04. The highest BCUT2D eigenvalue weighted by Crippen LogP contribution is 2.21. The van der Waals surface area contributed by atoms with Gasteiger partial charge in [0.1, 0.15) is 5.75 Å². The molecule has 21 heavy (non-hydrogen) atoms. The summed E-state index contributed by atoms with van der Waals surface area (Å²) < 4.78 is 6.11. The van der Waals surface area contributed by atoms with Crippen LogP contribution in [-0.4, -0.2) is 19.2 Å².